The number of hydrogen-bond acceptors (Lipinski definition) is 2. The van der Waals surface area contributed by atoms with Gasteiger partial charge in [0.2, 0.25) is 0 Å². The van der Waals surface area contributed by atoms with Gasteiger partial charge in [-0.3, -0.25) is 0 Å². The van der Waals surface area contributed by atoms with Gasteiger partial charge in [0, 0.05) is 11.6 Å². The van der Waals surface area contributed by atoms with Crippen LogP contribution in [0.1, 0.15) is 57.6 Å². The number of ether oxygens (including phenoxy) is 1. The molecule has 1 N–H and O–H groups in total. The van der Waals surface area contributed by atoms with Gasteiger partial charge >= 0.3 is 0 Å². The minimum atomic E-state index is 0.432. The van der Waals surface area contributed by atoms with Gasteiger partial charge in [-0.05, 0) is 30.9 Å². The Morgan fingerprint density at radius 2 is 1.95 bits per heavy atom. The monoisotopic (exact) mass is 275 g/mol. The quantitative estimate of drug-likeness (QED) is 0.821. The second-order valence-electron chi connectivity index (χ2n) is 5.89. The molecule has 20 heavy (non-hydrogen) atoms. The zero-order valence-corrected chi connectivity index (χ0v) is 13.2. The molecule has 0 heterocycles. The van der Waals surface area contributed by atoms with Gasteiger partial charge in [0.15, 0.2) is 0 Å². The highest BCUT2D eigenvalue weighted by molar-refractivity contribution is 5.36. The average Bonchev–Trinajstić information content (AvgIpc) is 2.52. The Morgan fingerprint density at radius 3 is 2.65 bits per heavy atom. The SMILES string of the molecule is CCNC(c1ccccc1OC)C1CCCCC1CC. The molecule has 3 atom stereocenters. The third-order valence-corrected chi connectivity index (χ3v) is 4.82. The summed E-state index contributed by atoms with van der Waals surface area (Å²) < 4.78 is 5.59. The third-order valence-electron chi connectivity index (χ3n) is 4.82. The summed E-state index contributed by atoms with van der Waals surface area (Å²) in [7, 11) is 1.78. The fourth-order valence-corrected chi connectivity index (χ4v) is 3.82. The summed E-state index contributed by atoms with van der Waals surface area (Å²) in [6.45, 7) is 5.55. The summed E-state index contributed by atoms with van der Waals surface area (Å²) in [4.78, 5) is 0. The predicted octanol–water partition coefficient (Wildman–Crippen LogP) is 4.56. The maximum Gasteiger partial charge on any atom is 0.123 e. The van der Waals surface area contributed by atoms with Gasteiger partial charge in [0.1, 0.15) is 5.75 Å². The molecule has 1 aromatic rings. The van der Waals surface area contributed by atoms with E-state index in [9.17, 15) is 0 Å². The maximum absolute atomic E-state index is 5.59. The fourth-order valence-electron chi connectivity index (χ4n) is 3.82. The van der Waals surface area contributed by atoms with E-state index in [1.807, 2.05) is 0 Å². The topological polar surface area (TPSA) is 21.3 Å². The van der Waals surface area contributed by atoms with Crippen LogP contribution in [0.25, 0.3) is 0 Å². The fraction of sp³-hybridized carbons (Fsp3) is 0.667. The number of hydrogen-bond donors (Lipinski definition) is 1. The lowest BCUT2D eigenvalue weighted by atomic mass is 9.72. The Morgan fingerprint density at radius 1 is 1.20 bits per heavy atom. The molecule has 2 rings (SSSR count). The zero-order chi connectivity index (χ0) is 14.4. The predicted molar refractivity (Wildman–Crippen MR) is 85.2 cm³/mol. The van der Waals surface area contributed by atoms with Crippen molar-refractivity contribution in [2.75, 3.05) is 13.7 Å². The molecule has 0 amide bonds. The van der Waals surface area contributed by atoms with Crippen LogP contribution in [0.15, 0.2) is 24.3 Å². The molecule has 1 aliphatic carbocycles. The van der Waals surface area contributed by atoms with E-state index < -0.39 is 0 Å². The van der Waals surface area contributed by atoms with Gasteiger partial charge in [-0.15, -0.1) is 0 Å². The Kier molecular flexibility index (Phi) is 5.90. The van der Waals surface area contributed by atoms with Crippen molar-refractivity contribution in [1.82, 2.24) is 5.32 Å². The molecule has 0 spiro atoms. The Hall–Kier alpha value is -1.02. The van der Waals surface area contributed by atoms with Crippen LogP contribution in [-0.2, 0) is 0 Å². The summed E-state index contributed by atoms with van der Waals surface area (Å²) in [5.41, 5.74) is 1.34. The van der Waals surface area contributed by atoms with E-state index in [2.05, 4.69) is 43.4 Å². The van der Waals surface area contributed by atoms with Crippen LogP contribution in [-0.4, -0.2) is 13.7 Å². The lowest BCUT2D eigenvalue weighted by Crippen LogP contribution is -2.34. The van der Waals surface area contributed by atoms with E-state index >= 15 is 0 Å². The molecule has 1 aliphatic rings. The summed E-state index contributed by atoms with van der Waals surface area (Å²) >= 11 is 0. The molecule has 0 saturated heterocycles. The number of methoxy groups -OCH3 is 1. The van der Waals surface area contributed by atoms with Crippen LogP contribution in [0, 0.1) is 11.8 Å². The summed E-state index contributed by atoms with van der Waals surface area (Å²) in [5.74, 6) is 2.61. The van der Waals surface area contributed by atoms with E-state index in [0.29, 0.717) is 6.04 Å². The summed E-state index contributed by atoms with van der Waals surface area (Å²) in [5, 5.41) is 3.73. The van der Waals surface area contributed by atoms with E-state index in [4.69, 9.17) is 4.74 Å². The van der Waals surface area contributed by atoms with Crippen LogP contribution in [0.3, 0.4) is 0 Å². The van der Waals surface area contributed by atoms with Crippen molar-refractivity contribution in [2.24, 2.45) is 11.8 Å². The molecule has 0 aliphatic heterocycles. The van der Waals surface area contributed by atoms with Crippen molar-refractivity contribution in [3.63, 3.8) is 0 Å². The number of benzene rings is 1. The Labute approximate surface area is 123 Å². The van der Waals surface area contributed by atoms with Gasteiger partial charge in [-0.25, -0.2) is 0 Å². The standard InChI is InChI=1S/C18H29NO/c1-4-14-10-6-7-11-15(14)18(19-5-2)16-12-8-9-13-17(16)20-3/h8-9,12-15,18-19H,4-7,10-11H2,1-3H3. The minimum Gasteiger partial charge on any atom is -0.496 e. The van der Waals surface area contributed by atoms with Gasteiger partial charge in [-0.2, -0.15) is 0 Å². The number of rotatable bonds is 6. The van der Waals surface area contributed by atoms with E-state index in [1.165, 1.54) is 37.7 Å². The first-order valence-corrected chi connectivity index (χ1v) is 8.18. The largest absolute Gasteiger partial charge is 0.496 e. The first kappa shape index (κ1) is 15.4. The third kappa shape index (κ3) is 3.35. The van der Waals surface area contributed by atoms with Crippen molar-refractivity contribution >= 4 is 0 Å². The Bertz CT molecular complexity index is 404. The molecule has 2 nitrogen and oxygen atoms in total. The number of para-hydroxylation sites is 1. The molecule has 112 valence electrons. The summed E-state index contributed by atoms with van der Waals surface area (Å²) in [6.07, 6.45) is 6.80. The number of nitrogens with one attached hydrogen (secondary N) is 1. The van der Waals surface area contributed by atoms with Crippen molar-refractivity contribution in [1.29, 1.82) is 0 Å². The van der Waals surface area contributed by atoms with Crippen molar-refractivity contribution in [3.8, 4) is 5.75 Å². The molecule has 0 radical (unpaired) electrons. The molecule has 1 fully saturated rings. The smallest absolute Gasteiger partial charge is 0.123 e. The van der Waals surface area contributed by atoms with Gasteiger partial charge in [-0.1, -0.05) is 57.7 Å². The highest BCUT2D eigenvalue weighted by atomic mass is 16.5. The van der Waals surface area contributed by atoms with Crippen molar-refractivity contribution in [2.45, 2.75) is 52.0 Å². The van der Waals surface area contributed by atoms with Gasteiger partial charge in [0.25, 0.3) is 0 Å². The normalized spacial score (nSPS) is 24.4. The highest BCUT2D eigenvalue weighted by Crippen LogP contribution is 2.42. The molecular weight excluding hydrogens is 246 g/mol. The highest BCUT2D eigenvalue weighted by Gasteiger charge is 2.32. The van der Waals surface area contributed by atoms with Crippen LogP contribution >= 0.6 is 0 Å². The van der Waals surface area contributed by atoms with Crippen molar-refractivity contribution < 1.29 is 4.74 Å². The second-order valence-corrected chi connectivity index (χ2v) is 5.89. The second kappa shape index (κ2) is 7.68. The van der Waals surface area contributed by atoms with Crippen LogP contribution < -0.4 is 10.1 Å². The molecule has 0 aromatic heterocycles. The molecular formula is C18H29NO. The Balaban J connectivity index is 2.29. The van der Waals surface area contributed by atoms with E-state index in [0.717, 1.165) is 24.1 Å². The van der Waals surface area contributed by atoms with Gasteiger partial charge < -0.3 is 10.1 Å². The molecule has 1 aromatic carbocycles. The van der Waals surface area contributed by atoms with E-state index in [1.54, 1.807) is 7.11 Å². The van der Waals surface area contributed by atoms with Crippen LogP contribution in [0.5, 0.6) is 5.75 Å². The molecule has 0 bridgehead atoms. The van der Waals surface area contributed by atoms with Gasteiger partial charge in [0.05, 0.1) is 7.11 Å². The first-order chi connectivity index (χ1) is 9.81. The molecule has 3 unspecified atom stereocenters. The average molecular weight is 275 g/mol. The lowest BCUT2D eigenvalue weighted by molar-refractivity contribution is 0.174. The van der Waals surface area contributed by atoms with Crippen LogP contribution in [0.4, 0.5) is 0 Å². The molecule has 1 saturated carbocycles. The maximum atomic E-state index is 5.59. The lowest BCUT2D eigenvalue weighted by Gasteiger charge is -2.38. The van der Waals surface area contributed by atoms with E-state index in [-0.39, 0.29) is 0 Å². The molecule has 2 heteroatoms. The minimum absolute atomic E-state index is 0.432. The van der Waals surface area contributed by atoms with Crippen molar-refractivity contribution in [3.05, 3.63) is 29.8 Å². The first-order valence-electron chi connectivity index (χ1n) is 8.18. The van der Waals surface area contributed by atoms with Crippen LogP contribution in [0.2, 0.25) is 0 Å². The summed E-state index contributed by atoms with van der Waals surface area (Å²) in [6, 6.07) is 8.94. The zero-order valence-electron chi connectivity index (χ0n) is 13.2.